The summed E-state index contributed by atoms with van der Waals surface area (Å²) >= 11 is 3.42. The van der Waals surface area contributed by atoms with Gasteiger partial charge in [-0.3, -0.25) is 13.9 Å². The number of carbonyl (C=O) groups is 2. The monoisotopic (exact) mass is 613 g/mol. The van der Waals surface area contributed by atoms with Gasteiger partial charge in [-0.25, -0.2) is 8.42 Å². The van der Waals surface area contributed by atoms with Crippen LogP contribution in [-0.4, -0.2) is 43.3 Å². The molecule has 1 N–H and O–H groups in total. The van der Waals surface area contributed by atoms with Gasteiger partial charge in [0.05, 0.1) is 10.6 Å². The Labute approximate surface area is 240 Å². The molecule has 3 aromatic rings. The molecular weight excluding hydrogens is 578 g/mol. The number of halogens is 1. The summed E-state index contributed by atoms with van der Waals surface area (Å²) in [5.41, 5.74) is 2.38. The molecule has 2 amide bonds. The maximum Gasteiger partial charge on any atom is 0.264 e. The quantitative estimate of drug-likeness (QED) is 0.341. The van der Waals surface area contributed by atoms with Crippen molar-refractivity contribution < 1.29 is 18.0 Å². The summed E-state index contributed by atoms with van der Waals surface area (Å²) in [7, 11) is -4.10. The Kier molecular flexibility index (Phi) is 9.61. The molecule has 3 aromatic carbocycles. The van der Waals surface area contributed by atoms with E-state index in [0.717, 1.165) is 25.5 Å². The van der Waals surface area contributed by atoms with Gasteiger partial charge < -0.3 is 10.2 Å². The Balaban J connectivity index is 2.06. The first kappa shape index (κ1) is 30.4. The number of aryl methyl sites for hydroxylation is 1. The van der Waals surface area contributed by atoms with E-state index in [1.807, 2.05) is 65.0 Å². The predicted octanol–water partition coefficient (Wildman–Crippen LogP) is 5.59. The lowest BCUT2D eigenvalue weighted by molar-refractivity contribution is -0.140. The largest absolute Gasteiger partial charge is 0.350 e. The summed E-state index contributed by atoms with van der Waals surface area (Å²) in [6, 6.07) is 20.0. The van der Waals surface area contributed by atoms with Gasteiger partial charge in [0.1, 0.15) is 12.6 Å². The minimum absolute atomic E-state index is 0.0803. The number of nitrogens with one attached hydrogen (secondary N) is 1. The number of anilines is 1. The molecule has 0 bridgehead atoms. The van der Waals surface area contributed by atoms with Crippen LogP contribution in [0.4, 0.5) is 5.69 Å². The van der Waals surface area contributed by atoms with Crippen molar-refractivity contribution in [3.05, 3.63) is 94.0 Å². The molecule has 0 fully saturated rings. The van der Waals surface area contributed by atoms with Gasteiger partial charge in [-0.15, -0.1) is 0 Å². The van der Waals surface area contributed by atoms with Crippen LogP contribution in [0.3, 0.4) is 0 Å². The number of hydrogen-bond donors (Lipinski definition) is 1. The molecule has 7 nitrogen and oxygen atoms in total. The van der Waals surface area contributed by atoms with Crippen LogP contribution in [0.2, 0.25) is 0 Å². The first-order chi connectivity index (χ1) is 18.2. The maximum atomic E-state index is 14.0. The van der Waals surface area contributed by atoms with Crippen LogP contribution in [-0.2, 0) is 26.2 Å². The summed E-state index contributed by atoms with van der Waals surface area (Å²) in [5, 5.41) is 2.93. The first-order valence-corrected chi connectivity index (χ1v) is 14.9. The van der Waals surface area contributed by atoms with Crippen LogP contribution in [0.1, 0.15) is 44.4 Å². The van der Waals surface area contributed by atoms with E-state index < -0.39 is 34.1 Å². The topological polar surface area (TPSA) is 86.8 Å². The lowest BCUT2D eigenvalue weighted by atomic mass is 10.1. The van der Waals surface area contributed by atoms with Gasteiger partial charge in [0.25, 0.3) is 10.0 Å². The van der Waals surface area contributed by atoms with Crippen molar-refractivity contribution in [2.24, 2.45) is 0 Å². The highest BCUT2D eigenvalue weighted by atomic mass is 79.9. The summed E-state index contributed by atoms with van der Waals surface area (Å²) in [6.07, 6.45) is 0. The van der Waals surface area contributed by atoms with E-state index in [1.54, 1.807) is 37.3 Å². The summed E-state index contributed by atoms with van der Waals surface area (Å²) in [4.78, 5) is 28.7. The third-order valence-electron chi connectivity index (χ3n) is 6.39. The number of rotatable bonds is 9. The molecule has 9 heteroatoms. The van der Waals surface area contributed by atoms with Crippen molar-refractivity contribution in [3.8, 4) is 0 Å². The minimum Gasteiger partial charge on any atom is -0.350 e. The van der Waals surface area contributed by atoms with Crippen LogP contribution < -0.4 is 9.62 Å². The second-order valence-electron chi connectivity index (χ2n) is 10.6. The Bertz CT molecular complexity index is 1420. The van der Waals surface area contributed by atoms with Gasteiger partial charge in [-0.1, -0.05) is 58.4 Å². The second-order valence-corrected chi connectivity index (χ2v) is 13.4. The van der Waals surface area contributed by atoms with Crippen molar-refractivity contribution in [3.63, 3.8) is 0 Å². The Morgan fingerprint density at radius 1 is 0.923 bits per heavy atom. The third-order valence-corrected chi connectivity index (χ3v) is 8.69. The van der Waals surface area contributed by atoms with Crippen LogP contribution in [0.5, 0.6) is 0 Å². The van der Waals surface area contributed by atoms with Gasteiger partial charge in [0, 0.05) is 16.6 Å². The Morgan fingerprint density at radius 3 is 2.13 bits per heavy atom. The first-order valence-electron chi connectivity index (χ1n) is 12.7. The molecule has 0 radical (unpaired) electrons. The Morgan fingerprint density at radius 2 is 1.54 bits per heavy atom. The molecule has 39 heavy (non-hydrogen) atoms. The average Bonchev–Trinajstić information content (AvgIpc) is 2.87. The molecule has 0 saturated carbocycles. The molecule has 0 aromatic heterocycles. The van der Waals surface area contributed by atoms with Crippen molar-refractivity contribution in [1.82, 2.24) is 10.2 Å². The maximum absolute atomic E-state index is 14.0. The number of sulfonamides is 1. The molecule has 208 valence electrons. The normalized spacial score (nSPS) is 12.5. The fourth-order valence-corrected chi connectivity index (χ4v) is 5.84. The number of amides is 2. The number of nitrogens with zero attached hydrogens (tertiary/aromatic N) is 2. The van der Waals surface area contributed by atoms with E-state index >= 15 is 0 Å². The van der Waals surface area contributed by atoms with E-state index in [2.05, 4.69) is 21.2 Å². The smallest absolute Gasteiger partial charge is 0.264 e. The van der Waals surface area contributed by atoms with Crippen molar-refractivity contribution >= 4 is 43.5 Å². The minimum atomic E-state index is -4.10. The molecule has 0 aliphatic rings. The zero-order valence-corrected chi connectivity index (χ0v) is 25.6. The number of benzene rings is 3. The standard InChI is InChI=1S/C30H36BrN3O4S/c1-21-11-10-14-27(22(21)2)34(39(37,38)26-12-8-7-9-13-26)20-28(35)33(19-24-15-17-25(31)18-16-24)23(3)29(36)32-30(4,5)6/h7-18,23H,19-20H2,1-6H3,(H,32,36). The summed E-state index contributed by atoms with van der Waals surface area (Å²) < 4.78 is 29.9. The van der Waals surface area contributed by atoms with Crippen molar-refractivity contribution in [2.45, 2.75) is 64.6 Å². The number of carbonyl (C=O) groups excluding carboxylic acids is 2. The van der Waals surface area contributed by atoms with Gasteiger partial charge in [0.2, 0.25) is 11.8 Å². The molecule has 1 unspecified atom stereocenters. The molecule has 0 saturated heterocycles. The van der Waals surface area contributed by atoms with Gasteiger partial charge >= 0.3 is 0 Å². The van der Waals surface area contributed by atoms with Crippen molar-refractivity contribution in [2.75, 3.05) is 10.8 Å². The molecule has 0 aliphatic carbocycles. The van der Waals surface area contributed by atoms with Gasteiger partial charge in [-0.05, 0) is 88.6 Å². The number of hydrogen-bond acceptors (Lipinski definition) is 4. The third kappa shape index (κ3) is 7.70. The summed E-state index contributed by atoms with van der Waals surface area (Å²) in [6.45, 7) is 10.7. The van der Waals surface area contributed by atoms with Crippen molar-refractivity contribution in [1.29, 1.82) is 0 Å². The zero-order chi connectivity index (χ0) is 29.0. The second kappa shape index (κ2) is 12.3. The SMILES string of the molecule is Cc1cccc(N(CC(=O)N(Cc2ccc(Br)cc2)C(C)C(=O)NC(C)(C)C)S(=O)(=O)c2ccccc2)c1C. The Hall–Kier alpha value is -3.17. The average molecular weight is 615 g/mol. The van der Waals surface area contributed by atoms with Crippen LogP contribution in [0.25, 0.3) is 0 Å². The fraction of sp³-hybridized carbons (Fsp3) is 0.333. The molecule has 0 aliphatic heterocycles. The molecule has 0 spiro atoms. The highest BCUT2D eigenvalue weighted by Gasteiger charge is 2.34. The highest BCUT2D eigenvalue weighted by molar-refractivity contribution is 9.10. The highest BCUT2D eigenvalue weighted by Crippen LogP contribution is 2.29. The molecular formula is C30H36BrN3O4S. The van der Waals surface area contributed by atoms with E-state index in [9.17, 15) is 18.0 Å². The van der Waals surface area contributed by atoms with E-state index in [4.69, 9.17) is 0 Å². The fourth-order valence-electron chi connectivity index (χ4n) is 4.08. The van der Waals surface area contributed by atoms with Gasteiger partial charge in [-0.2, -0.15) is 0 Å². The van der Waals surface area contributed by atoms with Crippen LogP contribution in [0.15, 0.2) is 82.2 Å². The van der Waals surface area contributed by atoms with Crippen LogP contribution in [0, 0.1) is 13.8 Å². The predicted molar refractivity (Wildman–Crippen MR) is 159 cm³/mol. The lowest BCUT2D eigenvalue weighted by Gasteiger charge is -2.34. The van der Waals surface area contributed by atoms with E-state index in [-0.39, 0.29) is 17.3 Å². The molecule has 1 atom stereocenters. The summed E-state index contributed by atoms with van der Waals surface area (Å²) in [5.74, 6) is -0.813. The molecule has 3 rings (SSSR count). The molecule has 0 heterocycles. The zero-order valence-electron chi connectivity index (χ0n) is 23.2. The van der Waals surface area contributed by atoms with Gasteiger partial charge in [0.15, 0.2) is 0 Å². The lowest BCUT2D eigenvalue weighted by Crippen LogP contribution is -2.54. The van der Waals surface area contributed by atoms with E-state index in [1.165, 1.54) is 17.0 Å². The van der Waals surface area contributed by atoms with E-state index in [0.29, 0.717) is 5.69 Å². The van der Waals surface area contributed by atoms with Crippen LogP contribution >= 0.6 is 15.9 Å².